The van der Waals surface area contributed by atoms with E-state index in [9.17, 15) is 43.5 Å². The molecule has 0 aliphatic carbocycles. The first-order valence-electron chi connectivity index (χ1n) is 11.6. The van der Waals surface area contributed by atoms with Gasteiger partial charge in [-0.05, 0) is 48.5 Å². The second-order valence-electron chi connectivity index (χ2n) is 9.29. The van der Waals surface area contributed by atoms with E-state index < -0.39 is 69.4 Å². The van der Waals surface area contributed by atoms with E-state index in [2.05, 4.69) is 0 Å². The third-order valence-corrected chi connectivity index (χ3v) is 30.4. The second kappa shape index (κ2) is 11.0. The topological polar surface area (TPSA) is 109 Å². The molecule has 0 aliphatic heterocycles. The van der Waals surface area contributed by atoms with E-state index in [1.54, 1.807) is 0 Å². The fourth-order valence-electron chi connectivity index (χ4n) is 5.38. The Labute approximate surface area is 230 Å². The molecule has 40 heavy (non-hydrogen) atoms. The minimum absolute atomic E-state index is 0.127. The maximum Gasteiger partial charge on any atom is 0.262 e. The van der Waals surface area contributed by atoms with Gasteiger partial charge in [-0.1, -0.05) is 69.3 Å². The molecule has 4 aromatic carbocycles. The number of rotatable bonds is 9. The Balaban J connectivity index is 2.35. The van der Waals surface area contributed by atoms with Crippen LogP contribution in [0.2, 0.25) is 0 Å². The standard InChI is InChI=1S/C26H22F4O6S2Si2/c27-19-1-9-23(10-2-19)39(17-37(31,32)33,24-11-3-20(28)4-12-24)40(18-38(34,35)36,25-13-5-21(29)6-14-25)26-15-7-22(30)8-16-26/h1-16H,17-18H2,(H,31,32,33)(H,34,35,36). The Morgan fingerprint density at radius 1 is 0.425 bits per heavy atom. The van der Waals surface area contributed by atoms with E-state index in [-0.39, 0.29) is 20.7 Å². The number of halogens is 4. The summed E-state index contributed by atoms with van der Waals surface area (Å²) in [7, 11) is -18.9. The Morgan fingerprint density at radius 2 is 0.600 bits per heavy atom. The van der Waals surface area contributed by atoms with Gasteiger partial charge in [-0.2, -0.15) is 16.8 Å². The van der Waals surface area contributed by atoms with Gasteiger partial charge in [0.05, 0.1) is 10.8 Å². The predicted octanol–water partition coefficient (Wildman–Crippen LogP) is 2.00. The minimum atomic E-state index is -4.99. The quantitative estimate of drug-likeness (QED) is 0.167. The van der Waals surface area contributed by atoms with E-state index in [4.69, 9.17) is 0 Å². The van der Waals surface area contributed by atoms with Crippen molar-refractivity contribution in [1.29, 1.82) is 0 Å². The lowest BCUT2D eigenvalue weighted by Gasteiger charge is -2.48. The fraction of sp³-hybridized carbons (Fsp3) is 0.0769. The summed E-state index contributed by atoms with van der Waals surface area (Å²) in [5.74, 6) is -2.82. The molecule has 0 amide bonds. The van der Waals surface area contributed by atoms with Crippen LogP contribution in [0, 0.1) is 23.3 Å². The SMILES string of the molecule is O=S(=O)(O)C[Si](c1ccc(F)cc1)(c1ccc(F)cc1)[Si](CS(=O)(=O)O)(c1ccc(F)cc1)c1ccc(F)cc1. The predicted molar refractivity (Wildman–Crippen MR) is 148 cm³/mol. The average Bonchev–Trinajstić information content (AvgIpc) is 2.87. The van der Waals surface area contributed by atoms with Crippen LogP contribution in [0.1, 0.15) is 0 Å². The van der Waals surface area contributed by atoms with E-state index in [0.29, 0.717) is 0 Å². The second-order valence-corrected chi connectivity index (χ2v) is 25.0. The molecule has 0 atom stereocenters. The van der Waals surface area contributed by atoms with Gasteiger partial charge in [-0.15, -0.1) is 0 Å². The van der Waals surface area contributed by atoms with E-state index in [0.717, 1.165) is 48.5 Å². The van der Waals surface area contributed by atoms with Crippen molar-refractivity contribution in [1.82, 2.24) is 0 Å². The van der Waals surface area contributed by atoms with Gasteiger partial charge in [0.25, 0.3) is 20.2 Å². The van der Waals surface area contributed by atoms with Crippen LogP contribution in [0.25, 0.3) is 0 Å². The van der Waals surface area contributed by atoms with Crippen LogP contribution < -0.4 is 20.7 Å². The highest BCUT2D eigenvalue weighted by molar-refractivity contribution is 7.93. The van der Waals surface area contributed by atoms with Gasteiger partial charge < -0.3 is 0 Å². The van der Waals surface area contributed by atoms with Gasteiger partial charge in [-0.3, -0.25) is 9.11 Å². The molecule has 4 rings (SSSR count). The van der Waals surface area contributed by atoms with Gasteiger partial charge in [0.2, 0.25) is 0 Å². The van der Waals surface area contributed by atoms with Gasteiger partial charge in [-0.25, -0.2) is 17.6 Å². The van der Waals surface area contributed by atoms with Crippen molar-refractivity contribution in [2.75, 3.05) is 10.8 Å². The molecular weight excluding hydrogens is 605 g/mol. The molecule has 0 aromatic heterocycles. The first-order chi connectivity index (χ1) is 18.7. The summed E-state index contributed by atoms with van der Waals surface area (Å²) in [5, 5.41) is -1.64. The van der Waals surface area contributed by atoms with E-state index >= 15 is 0 Å². The molecule has 0 saturated carbocycles. The highest BCUT2D eigenvalue weighted by Crippen LogP contribution is 2.26. The zero-order valence-electron chi connectivity index (χ0n) is 20.5. The number of hydrogen-bond donors (Lipinski definition) is 2. The van der Waals surface area contributed by atoms with Crippen LogP contribution in [0.5, 0.6) is 0 Å². The molecule has 210 valence electrons. The van der Waals surface area contributed by atoms with Crippen LogP contribution in [-0.4, -0.2) is 51.9 Å². The first-order valence-corrected chi connectivity index (χ1v) is 20.2. The van der Waals surface area contributed by atoms with Gasteiger partial charge in [0.1, 0.15) is 38.5 Å². The largest absolute Gasteiger partial charge is 0.286 e. The summed E-state index contributed by atoms with van der Waals surface area (Å²) in [6.07, 6.45) is 0. The lowest BCUT2D eigenvalue weighted by molar-refractivity contribution is 0.485. The first kappa shape index (κ1) is 29.8. The maximum atomic E-state index is 14.2. The zero-order valence-corrected chi connectivity index (χ0v) is 24.1. The van der Waals surface area contributed by atoms with Crippen molar-refractivity contribution >= 4 is 56.2 Å². The zero-order chi connectivity index (χ0) is 29.3. The Hall–Kier alpha value is -3.15. The summed E-state index contributed by atoms with van der Waals surface area (Å²) in [5.41, 5.74) is 0. The fourth-order valence-corrected chi connectivity index (χ4v) is 35.6. The molecule has 0 unspecified atom stereocenters. The van der Waals surface area contributed by atoms with Crippen LogP contribution in [0.3, 0.4) is 0 Å². The third-order valence-electron chi connectivity index (χ3n) is 6.87. The lowest BCUT2D eigenvalue weighted by atomic mass is 10.3. The third kappa shape index (κ3) is 5.96. The minimum Gasteiger partial charge on any atom is -0.286 e. The number of hydrogen-bond acceptors (Lipinski definition) is 4. The highest BCUT2D eigenvalue weighted by atomic mass is 32.2. The summed E-state index contributed by atoms with van der Waals surface area (Å²) in [4.78, 5) is 0. The van der Waals surface area contributed by atoms with Crippen LogP contribution in [0.4, 0.5) is 17.6 Å². The van der Waals surface area contributed by atoms with E-state index in [1.165, 1.54) is 48.5 Å². The highest BCUT2D eigenvalue weighted by Gasteiger charge is 2.63. The summed E-state index contributed by atoms with van der Waals surface area (Å²) >= 11 is 0. The van der Waals surface area contributed by atoms with Gasteiger partial charge in [0, 0.05) is 0 Å². The molecule has 0 heterocycles. The maximum absolute atomic E-state index is 14.2. The molecule has 0 saturated heterocycles. The smallest absolute Gasteiger partial charge is 0.262 e. The number of benzene rings is 4. The summed E-state index contributed by atoms with van der Waals surface area (Å²) in [6.45, 7) is 0. The van der Waals surface area contributed by atoms with Crippen molar-refractivity contribution in [2.45, 2.75) is 0 Å². The monoisotopic (exact) mass is 626 g/mol. The molecular formula is C26H22F4O6S2Si2. The molecule has 0 aliphatic rings. The Bertz CT molecular complexity index is 1490. The van der Waals surface area contributed by atoms with Crippen molar-refractivity contribution in [3.05, 3.63) is 120 Å². The molecule has 2 N–H and O–H groups in total. The summed E-state index contributed by atoms with van der Waals surface area (Å²) in [6, 6.07) is 18.1. The lowest BCUT2D eigenvalue weighted by Crippen LogP contribution is -2.90. The van der Waals surface area contributed by atoms with Gasteiger partial charge >= 0.3 is 0 Å². The van der Waals surface area contributed by atoms with Crippen LogP contribution >= 0.6 is 0 Å². The molecule has 0 bridgehead atoms. The molecule has 0 radical (unpaired) electrons. The van der Waals surface area contributed by atoms with Crippen LogP contribution in [0.15, 0.2) is 97.1 Å². The average molecular weight is 627 g/mol. The van der Waals surface area contributed by atoms with Crippen molar-refractivity contribution in [3.8, 4) is 0 Å². The van der Waals surface area contributed by atoms with E-state index in [1.807, 2.05) is 0 Å². The Kier molecular flexibility index (Phi) is 8.22. The van der Waals surface area contributed by atoms with Crippen molar-refractivity contribution in [3.63, 3.8) is 0 Å². The van der Waals surface area contributed by atoms with Crippen LogP contribution in [-0.2, 0) is 20.2 Å². The molecule has 4 aromatic rings. The van der Waals surface area contributed by atoms with Crippen molar-refractivity contribution in [2.24, 2.45) is 0 Å². The molecule has 0 spiro atoms. The Morgan fingerprint density at radius 3 is 0.750 bits per heavy atom. The normalized spacial score (nSPS) is 12.8. The van der Waals surface area contributed by atoms with Crippen molar-refractivity contribution < 1.29 is 43.5 Å². The van der Waals surface area contributed by atoms with Gasteiger partial charge in [0.15, 0.2) is 0 Å². The molecule has 14 heteroatoms. The molecule has 6 nitrogen and oxygen atoms in total. The molecule has 0 fully saturated rings. The summed E-state index contributed by atoms with van der Waals surface area (Å²) < 4.78 is 129.